The Morgan fingerprint density at radius 2 is 2.09 bits per heavy atom. The zero-order chi connectivity index (χ0) is 15.9. The predicted molar refractivity (Wildman–Crippen MR) is 100 cm³/mol. The van der Waals surface area contributed by atoms with Gasteiger partial charge in [-0.3, -0.25) is 4.79 Å². The molecule has 0 radical (unpaired) electrons. The molecule has 0 unspecified atom stereocenters. The lowest BCUT2D eigenvalue weighted by Gasteiger charge is -2.18. The molecule has 118 valence electrons. The minimum Gasteiger partial charge on any atom is -0.288 e. The Kier molecular flexibility index (Phi) is 5.85. The summed E-state index contributed by atoms with van der Waals surface area (Å²) < 4.78 is 0. The molecule has 0 amide bonds. The summed E-state index contributed by atoms with van der Waals surface area (Å²) in [5.74, 6) is 7.38. The third kappa shape index (κ3) is 4.92. The third-order valence-electron chi connectivity index (χ3n) is 4.12. The number of thiophene rings is 2. The van der Waals surface area contributed by atoms with E-state index in [2.05, 4.69) is 11.8 Å². The van der Waals surface area contributed by atoms with Crippen molar-refractivity contribution < 1.29 is 4.79 Å². The number of carbonyl (C=O) groups is 1. The molecule has 0 aliphatic heterocycles. The van der Waals surface area contributed by atoms with E-state index < -0.39 is 0 Å². The van der Waals surface area contributed by atoms with Gasteiger partial charge < -0.3 is 0 Å². The molecule has 3 heteroatoms. The van der Waals surface area contributed by atoms with Gasteiger partial charge in [-0.25, -0.2) is 0 Å². The van der Waals surface area contributed by atoms with Crippen LogP contribution in [-0.4, -0.2) is 5.78 Å². The molecule has 1 saturated carbocycles. The summed E-state index contributed by atoms with van der Waals surface area (Å²) in [7, 11) is 0. The van der Waals surface area contributed by atoms with Gasteiger partial charge in [0.1, 0.15) is 0 Å². The van der Waals surface area contributed by atoms with E-state index in [1.165, 1.54) is 43.4 Å². The Morgan fingerprint density at radius 1 is 1.22 bits per heavy atom. The fraction of sp³-hybridized carbons (Fsp3) is 0.350. The van der Waals surface area contributed by atoms with Gasteiger partial charge in [-0.05, 0) is 54.5 Å². The molecule has 2 aromatic heterocycles. The smallest absolute Gasteiger partial charge is 0.195 e. The Balaban J connectivity index is 1.56. The molecule has 1 nitrogen and oxygen atoms in total. The highest BCUT2D eigenvalue weighted by Gasteiger charge is 2.11. The molecule has 2 heterocycles. The minimum absolute atomic E-state index is 0.0590. The summed E-state index contributed by atoms with van der Waals surface area (Å²) in [5, 5.41) is 2.01. The summed E-state index contributed by atoms with van der Waals surface area (Å²) in [6.07, 6.45) is 11.3. The number of carbonyl (C=O) groups excluding carboxylic acids is 1. The largest absolute Gasteiger partial charge is 0.288 e. The molecule has 2 aromatic rings. The van der Waals surface area contributed by atoms with Crippen molar-refractivity contribution in [3.05, 3.63) is 50.4 Å². The van der Waals surface area contributed by atoms with E-state index in [1.807, 2.05) is 35.7 Å². The highest BCUT2D eigenvalue weighted by molar-refractivity contribution is 7.14. The normalized spacial score (nSPS) is 15.5. The lowest BCUT2D eigenvalue weighted by atomic mass is 9.87. The third-order valence-corrected chi connectivity index (χ3v) is 5.97. The number of ketones is 1. The second kappa shape index (κ2) is 8.29. The van der Waals surface area contributed by atoms with E-state index in [0.717, 1.165) is 27.0 Å². The first-order valence-electron chi connectivity index (χ1n) is 8.16. The van der Waals surface area contributed by atoms with Crippen molar-refractivity contribution in [3.8, 4) is 11.8 Å². The van der Waals surface area contributed by atoms with Crippen molar-refractivity contribution in [2.45, 2.75) is 38.5 Å². The second-order valence-corrected chi connectivity index (χ2v) is 7.95. The van der Waals surface area contributed by atoms with Gasteiger partial charge in [0.2, 0.25) is 0 Å². The lowest BCUT2D eigenvalue weighted by Crippen LogP contribution is -2.04. The van der Waals surface area contributed by atoms with Crippen molar-refractivity contribution in [1.82, 2.24) is 0 Å². The summed E-state index contributed by atoms with van der Waals surface area (Å²) in [5.41, 5.74) is 0. The first-order chi connectivity index (χ1) is 11.3. The van der Waals surface area contributed by atoms with Gasteiger partial charge in [0, 0.05) is 11.3 Å². The summed E-state index contributed by atoms with van der Waals surface area (Å²) >= 11 is 3.13. The topological polar surface area (TPSA) is 17.1 Å². The van der Waals surface area contributed by atoms with Crippen LogP contribution < -0.4 is 0 Å². The molecular weight excluding hydrogens is 320 g/mol. The Hall–Kier alpha value is -1.63. The van der Waals surface area contributed by atoms with Crippen LogP contribution in [0.3, 0.4) is 0 Å². The first kappa shape index (κ1) is 16.2. The van der Waals surface area contributed by atoms with E-state index in [9.17, 15) is 4.79 Å². The van der Waals surface area contributed by atoms with Crippen LogP contribution in [0.5, 0.6) is 0 Å². The summed E-state index contributed by atoms with van der Waals surface area (Å²) in [6, 6.07) is 7.84. The minimum atomic E-state index is 0.0590. The summed E-state index contributed by atoms with van der Waals surface area (Å²) in [6.45, 7) is 0. The van der Waals surface area contributed by atoms with Gasteiger partial charge in [0.05, 0.1) is 9.75 Å². The predicted octanol–water partition coefficient (Wildman–Crippen LogP) is 6.03. The monoisotopic (exact) mass is 340 g/mol. The molecule has 3 rings (SSSR count). The first-order valence-corrected chi connectivity index (χ1v) is 9.85. The maximum absolute atomic E-state index is 12.2. The molecule has 1 aliphatic rings. The highest BCUT2D eigenvalue weighted by Crippen LogP contribution is 2.26. The molecule has 1 fully saturated rings. The van der Waals surface area contributed by atoms with Gasteiger partial charge in [-0.1, -0.05) is 37.2 Å². The van der Waals surface area contributed by atoms with Crippen LogP contribution in [-0.2, 0) is 0 Å². The molecule has 0 atom stereocenters. The van der Waals surface area contributed by atoms with E-state index in [4.69, 9.17) is 0 Å². The standard InChI is InChI=1S/C20H20OS2/c21-19(13-11-17-10-5-15-22-17)20-14-12-18(23-20)9-4-8-16-6-2-1-3-7-16/h5,10-16H,1-3,6-8H2. The fourth-order valence-electron chi connectivity index (χ4n) is 2.84. The molecular formula is C20H20OS2. The number of rotatable bonds is 4. The van der Waals surface area contributed by atoms with Gasteiger partial charge in [0.15, 0.2) is 5.78 Å². The van der Waals surface area contributed by atoms with Crippen LogP contribution >= 0.6 is 22.7 Å². The van der Waals surface area contributed by atoms with Crippen LogP contribution in [0.2, 0.25) is 0 Å². The molecule has 0 spiro atoms. The van der Waals surface area contributed by atoms with E-state index in [0.29, 0.717) is 0 Å². The molecule has 0 aromatic carbocycles. The van der Waals surface area contributed by atoms with E-state index >= 15 is 0 Å². The Labute approximate surface area is 146 Å². The molecule has 1 aliphatic carbocycles. The summed E-state index contributed by atoms with van der Waals surface area (Å²) in [4.78, 5) is 15.0. The van der Waals surface area contributed by atoms with Crippen molar-refractivity contribution in [3.63, 3.8) is 0 Å². The molecule has 23 heavy (non-hydrogen) atoms. The van der Waals surface area contributed by atoms with Crippen LogP contribution in [0.4, 0.5) is 0 Å². The van der Waals surface area contributed by atoms with Crippen LogP contribution in [0.1, 0.15) is 58.0 Å². The second-order valence-electron chi connectivity index (χ2n) is 5.89. The van der Waals surface area contributed by atoms with Crippen LogP contribution in [0.15, 0.2) is 35.7 Å². The van der Waals surface area contributed by atoms with Gasteiger partial charge in [0.25, 0.3) is 0 Å². The van der Waals surface area contributed by atoms with Gasteiger partial charge in [-0.2, -0.15) is 0 Å². The van der Waals surface area contributed by atoms with Crippen molar-refractivity contribution in [2.24, 2.45) is 5.92 Å². The maximum Gasteiger partial charge on any atom is 0.195 e. The number of allylic oxidation sites excluding steroid dienone is 1. The van der Waals surface area contributed by atoms with Crippen LogP contribution in [0.25, 0.3) is 6.08 Å². The fourth-order valence-corrected chi connectivity index (χ4v) is 4.26. The van der Waals surface area contributed by atoms with E-state index in [1.54, 1.807) is 17.4 Å². The van der Waals surface area contributed by atoms with Crippen LogP contribution in [0, 0.1) is 17.8 Å². The van der Waals surface area contributed by atoms with Crippen molar-refractivity contribution >= 4 is 34.5 Å². The molecule has 0 N–H and O–H groups in total. The van der Waals surface area contributed by atoms with Gasteiger partial charge >= 0.3 is 0 Å². The SMILES string of the molecule is O=C(C=Cc1cccs1)c1ccc(C#CCC2CCCCC2)s1. The number of hydrogen-bond acceptors (Lipinski definition) is 3. The lowest BCUT2D eigenvalue weighted by molar-refractivity contribution is 0.105. The Morgan fingerprint density at radius 3 is 2.87 bits per heavy atom. The number of hydrogen-bond donors (Lipinski definition) is 0. The van der Waals surface area contributed by atoms with Gasteiger partial charge in [-0.15, -0.1) is 22.7 Å². The average Bonchev–Trinajstić information content (AvgIpc) is 3.25. The zero-order valence-corrected chi connectivity index (χ0v) is 14.7. The Bertz CT molecular complexity index is 719. The zero-order valence-electron chi connectivity index (χ0n) is 13.1. The molecule has 0 bridgehead atoms. The van der Waals surface area contributed by atoms with E-state index in [-0.39, 0.29) is 5.78 Å². The quantitative estimate of drug-likeness (QED) is 0.377. The highest BCUT2D eigenvalue weighted by atomic mass is 32.1. The van der Waals surface area contributed by atoms with Crippen molar-refractivity contribution in [2.75, 3.05) is 0 Å². The average molecular weight is 341 g/mol. The maximum atomic E-state index is 12.2. The molecule has 0 saturated heterocycles. The van der Waals surface area contributed by atoms with Crippen molar-refractivity contribution in [1.29, 1.82) is 0 Å².